The maximum absolute atomic E-state index is 13.5. The zero-order chi connectivity index (χ0) is 19.7. The van der Waals surface area contributed by atoms with Crippen LogP contribution in [0.5, 0.6) is 5.75 Å². The Labute approximate surface area is 160 Å². The van der Waals surface area contributed by atoms with Gasteiger partial charge >= 0.3 is 6.09 Å². The van der Waals surface area contributed by atoms with Crippen LogP contribution in [-0.2, 0) is 0 Å². The molecule has 1 aliphatic heterocycles. The largest absolute Gasteiger partial charge is 0.451 e. The lowest BCUT2D eigenvalue weighted by Gasteiger charge is -2.33. The van der Waals surface area contributed by atoms with Gasteiger partial charge in [0.15, 0.2) is 11.5 Å². The molecular weight excluding hydrogens is 365 g/mol. The summed E-state index contributed by atoms with van der Waals surface area (Å²) in [4.78, 5) is 32.1. The Morgan fingerprint density at radius 3 is 2.61 bits per heavy atom. The Bertz CT molecular complexity index is 1030. The summed E-state index contributed by atoms with van der Waals surface area (Å²) in [5.41, 5.74) is 1.08. The zero-order valence-electron chi connectivity index (χ0n) is 15.2. The Morgan fingerprint density at radius 1 is 1.14 bits per heavy atom. The van der Waals surface area contributed by atoms with E-state index in [1.165, 1.54) is 29.3 Å². The first kappa shape index (κ1) is 18.0. The molecule has 0 atom stereocenters. The fourth-order valence-electron chi connectivity index (χ4n) is 3.21. The third-order valence-corrected chi connectivity index (χ3v) is 4.76. The number of rotatable bonds is 2. The second-order valence-electron chi connectivity index (χ2n) is 6.53. The number of piperazine rings is 1. The van der Waals surface area contributed by atoms with Crippen LogP contribution in [0, 0.1) is 12.7 Å². The lowest BCUT2D eigenvalue weighted by molar-refractivity contribution is 0.0605. The van der Waals surface area contributed by atoms with Crippen LogP contribution in [0.25, 0.3) is 11.0 Å². The van der Waals surface area contributed by atoms with Gasteiger partial charge < -0.3 is 19.0 Å². The van der Waals surface area contributed by atoms with Crippen LogP contribution in [-0.4, -0.2) is 53.0 Å². The number of pyridine rings is 1. The van der Waals surface area contributed by atoms with Gasteiger partial charge in [-0.3, -0.25) is 9.78 Å². The van der Waals surface area contributed by atoms with E-state index in [0.29, 0.717) is 48.5 Å². The number of aromatic nitrogens is 1. The fraction of sp³-hybridized carbons (Fsp3) is 0.250. The molecule has 1 aromatic carbocycles. The highest BCUT2D eigenvalue weighted by molar-refractivity contribution is 5.99. The summed E-state index contributed by atoms with van der Waals surface area (Å²) in [6, 6.07) is 7.50. The van der Waals surface area contributed by atoms with Crippen LogP contribution >= 0.6 is 0 Å². The number of amides is 2. The number of carbonyl (C=O) groups is 2. The van der Waals surface area contributed by atoms with Crippen molar-refractivity contribution in [1.82, 2.24) is 14.8 Å². The molecule has 0 radical (unpaired) electrons. The first-order valence-electron chi connectivity index (χ1n) is 8.87. The summed E-state index contributed by atoms with van der Waals surface area (Å²) in [7, 11) is 0. The van der Waals surface area contributed by atoms with Crippen molar-refractivity contribution >= 4 is 23.0 Å². The smallest absolute Gasteiger partial charge is 0.415 e. The Hall–Kier alpha value is -3.42. The van der Waals surface area contributed by atoms with Crippen molar-refractivity contribution < 1.29 is 23.1 Å². The molecule has 0 N–H and O–H groups in total. The third kappa shape index (κ3) is 3.40. The minimum atomic E-state index is -0.476. The van der Waals surface area contributed by atoms with E-state index in [9.17, 15) is 14.0 Å². The standard InChI is InChI=1S/C20H18FN3O4/c1-13-16-11-14(21)4-5-17(16)28-18(13)19(25)23-7-9-24(10-8-23)20(26)27-15-3-2-6-22-12-15/h2-6,11-12H,7-10H2,1H3. The van der Waals surface area contributed by atoms with Gasteiger partial charge in [0.2, 0.25) is 0 Å². The van der Waals surface area contributed by atoms with Crippen molar-refractivity contribution in [2.75, 3.05) is 26.2 Å². The fourth-order valence-corrected chi connectivity index (χ4v) is 3.21. The monoisotopic (exact) mass is 383 g/mol. The van der Waals surface area contributed by atoms with Crippen LogP contribution in [0.3, 0.4) is 0 Å². The molecule has 0 aliphatic carbocycles. The number of carbonyl (C=O) groups excluding carboxylic acids is 2. The molecule has 4 rings (SSSR count). The molecule has 2 aromatic heterocycles. The number of benzene rings is 1. The van der Waals surface area contributed by atoms with Crippen LogP contribution in [0.1, 0.15) is 16.1 Å². The average Bonchev–Trinajstić information content (AvgIpc) is 3.04. The topological polar surface area (TPSA) is 75.9 Å². The van der Waals surface area contributed by atoms with E-state index in [0.717, 1.165) is 0 Å². The van der Waals surface area contributed by atoms with Gasteiger partial charge in [0.25, 0.3) is 5.91 Å². The highest BCUT2D eigenvalue weighted by Crippen LogP contribution is 2.27. The Morgan fingerprint density at radius 2 is 1.89 bits per heavy atom. The molecule has 7 nitrogen and oxygen atoms in total. The molecule has 8 heteroatoms. The summed E-state index contributed by atoms with van der Waals surface area (Å²) >= 11 is 0. The van der Waals surface area contributed by atoms with Crippen molar-refractivity contribution in [2.45, 2.75) is 6.92 Å². The van der Waals surface area contributed by atoms with Crippen molar-refractivity contribution in [3.63, 3.8) is 0 Å². The van der Waals surface area contributed by atoms with Crippen LogP contribution < -0.4 is 4.74 Å². The number of hydrogen-bond acceptors (Lipinski definition) is 5. The van der Waals surface area contributed by atoms with Crippen LogP contribution in [0.2, 0.25) is 0 Å². The van der Waals surface area contributed by atoms with Crippen molar-refractivity contribution in [1.29, 1.82) is 0 Å². The lowest BCUT2D eigenvalue weighted by Crippen LogP contribution is -2.51. The van der Waals surface area contributed by atoms with E-state index in [4.69, 9.17) is 9.15 Å². The average molecular weight is 383 g/mol. The van der Waals surface area contributed by atoms with Crippen molar-refractivity contribution in [3.8, 4) is 5.75 Å². The normalized spacial score (nSPS) is 14.4. The van der Waals surface area contributed by atoms with Gasteiger partial charge in [-0.15, -0.1) is 0 Å². The minimum absolute atomic E-state index is 0.201. The van der Waals surface area contributed by atoms with Gasteiger partial charge in [0.1, 0.15) is 11.4 Å². The molecule has 0 spiro atoms. The first-order chi connectivity index (χ1) is 13.5. The Balaban J connectivity index is 1.42. The summed E-state index contributed by atoms with van der Waals surface area (Å²) in [5.74, 6) is -0.0753. The summed E-state index contributed by atoms with van der Waals surface area (Å²) in [6.07, 6.45) is 2.58. The van der Waals surface area contributed by atoms with Crippen LogP contribution in [0.15, 0.2) is 47.1 Å². The molecule has 2 amide bonds. The molecule has 0 saturated carbocycles. The van der Waals surface area contributed by atoms with Gasteiger partial charge in [0, 0.05) is 43.3 Å². The van der Waals surface area contributed by atoms with E-state index in [-0.39, 0.29) is 17.5 Å². The van der Waals surface area contributed by atoms with E-state index >= 15 is 0 Å². The van der Waals surface area contributed by atoms with E-state index in [1.807, 2.05) is 0 Å². The van der Waals surface area contributed by atoms with Crippen molar-refractivity contribution in [2.24, 2.45) is 0 Å². The van der Waals surface area contributed by atoms with Gasteiger partial charge in [-0.1, -0.05) is 0 Å². The summed E-state index contributed by atoms with van der Waals surface area (Å²) in [5, 5.41) is 0.585. The molecule has 1 fully saturated rings. The molecule has 0 bridgehead atoms. The quantitative estimate of drug-likeness (QED) is 0.679. The first-order valence-corrected chi connectivity index (χ1v) is 8.87. The number of nitrogens with zero attached hydrogens (tertiary/aromatic N) is 3. The number of hydrogen-bond donors (Lipinski definition) is 0. The minimum Gasteiger partial charge on any atom is -0.451 e. The van der Waals surface area contributed by atoms with Gasteiger partial charge in [0.05, 0.1) is 6.20 Å². The van der Waals surface area contributed by atoms with E-state index < -0.39 is 6.09 Å². The zero-order valence-corrected chi connectivity index (χ0v) is 15.2. The second kappa shape index (κ2) is 7.30. The summed E-state index contributed by atoms with van der Waals surface area (Å²) in [6.45, 7) is 3.13. The van der Waals surface area contributed by atoms with E-state index in [1.54, 1.807) is 30.2 Å². The van der Waals surface area contributed by atoms with Gasteiger partial charge in [-0.25, -0.2) is 9.18 Å². The highest BCUT2D eigenvalue weighted by atomic mass is 19.1. The molecule has 28 heavy (non-hydrogen) atoms. The molecule has 1 saturated heterocycles. The number of furan rings is 1. The van der Waals surface area contributed by atoms with Gasteiger partial charge in [-0.05, 0) is 37.3 Å². The molecule has 3 heterocycles. The number of aryl methyl sites for hydroxylation is 1. The second-order valence-corrected chi connectivity index (χ2v) is 6.53. The number of halogens is 1. The highest BCUT2D eigenvalue weighted by Gasteiger charge is 2.29. The molecule has 0 unspecified atom stereocenters. The van der Waals surface area contributed by atoms with E-state index in [2.05, 4.69) is 4.98 Å². The van der Waals surface area contributed by atoms with Gasteiger partial charge in [-0.2, -0.15) is 0 Å². The third-order valence-electron chi connectivity index (χ3n) is 4.76. The maximum atomic E-state index is 13.5. The molecule has 1 aliphatic rings. The maximum Gasteiger partial charge on any atom is 0.415 e. The molecule has 3 aromatic rings. The molecular formula is C20H18FN3O4. The lowest BCUT2D eigenvalue weighted by atomic mass is 10.1. The van der Waals surface area contributed by atoms with Crippen molar-refractivity contribution in [3.05, 3.63) is 59.9 Å². The summed E-state index contributed by atoms with van der Waals surface area (Å²) < 4.78 is 24.4. The predicted octanol–water partition coefficient (Wildman–Crippen LogP) is 3.23. The van der Waals surface area contributed by atoms with Crippen LogP contribution in [0.4, 0.5) is 9.18 Å². The Kier molecular flexibility index (Phi) is 4.68. The number of fused-ring (bicyclic) bond motifs is 1. The SMILES string of the molecule is Cc1c(C(=O)N2CCN(C(=O)Oc3cccnc3)CC2)oc2ccc(F)cc12. The predicted molar refractivity (Wildman–Crippen MR) is 98.6 cm³/mol. The molecule has 144 valence electrons. The number of ether oxygens (including phenoxy) is 1.